The van der Waals surface area contributed by atoms with E-state index in [1.807, 2.05) is 32.8 Å². The Morgan fingerprint density at radius 1 is 1.50 bits per heavy atom. The predicted molar refractivity (Wildman–Crippen MR) is 43.3 cm³/mol. The quantitative estimate of drug-likeness (QED) is 0.448. The summed E-state index contributed by atoms with van der Waals surface area (Å²) in [4.78, 5) is 6.01. The molecule has 0 atom stereocenters. The van der Waals surface area contributed by atoms with Crippen molar-refractivity contribution in [3.63, 3.8) is 0 Å². The number of amidine groups is 1. The van der Waals surface area contributed by atoms with Gasteiger partial charge < -0.3 is 10.0 Å². The minimum Gasteiger partial charge on any atom is -0.388 e. The average Bonchev–Trinajstić information content (AvgIpc) is 1.81. The number of aliphatic imine (C=N–C) groups is 1. The van der Waals surface area contributed by atoms with Gasteiger partial charge in [0, 0.05) is 20.1 Å². The van der Waals surface area contributed by atoms with Gasteiger partial charge in [0.05, 0.1) is 0 Å². The molecule has 0 aliphatic heterocycles. The molecule has 0 fully saturated rings. The first-order valence-corrected chi connectivity index (χ1v) is 3.42. The fraction of sp³-hybridized carbons (Fsp3) is 0.857. The van der Waals surface area contributed by atoms with Gasteiger partial charge in [0.15, 0.2) is 0 Å². The zero-order chi connectivity index (χ0) is 8.15. The Bertz CT molecular complexity index is 119. The Kier molecular flexibility index (Phi) is 4.03. The highest BCUT2D eigenvalue weighted by Crippen LogP contribution is 1.90. The molecule has 1 N–H and O–H groups in total. The van der Waals surface area contributed by atoms with Crippen LogP contribution in [0.25, 0.3) is 0 Å². The minimum atomic E-state index is 0.0190. The summed E-state index contributed by atoms with van der Waals surface area (Å²) >= 11 is 0. The first kappa shape index (κ1) is 9.43. The van der Waals surface area contributed by atoms with Crippen LogP contribution in [0.5, 0.6) is 0 Å². The molecule has 0 spiro atoms. The molecule has 0 radical (unpaired) electrons. The molecule has 0 aliphatic rings. The Morgan fingerprint density at radius 2 is 2.00 bits per heavy atom. The van der Waals surface area contributed by atoms with Crippen LogP contribution in [-0.2, 0) is 0 Å². The highest BCUT2D eigenvalue weighted by atomic mass is 16.3. The molecule has 0 saturated heterocycles. The average molecular weight is 144 g/mol. The lowest BCUT2D eigenvalue weighted by molar-refractivity contribution is 0.339. The Morgan fingerprint density at radius 3 is 2.10 bits per heavy atom. The van der Waals surface area contributed by atoms with E-state index in [4.69, 9.17) is 5.11 Å². The maximum absolute atomic E-state index is 8.77. The monoisotopic (exact) mass is 144 g/mol. The lowest BCUT2D eigenvalue weighted by atomic mass is 10.4. The maximum atomic E-state index is 8.77. The molecule has 3 nitrogen and oxygen atoms in total. The Balaban J connectivity index is 4.04. The van der Waals surface area contributed by atoms with Crippen molar-refractivity contribution in [2.24, 2.45) is 4.99 Å². The summed E-state index contributed by atoms with van der Waals surface area (Å²) in [6.45, 7) is 3.99. The molecule has 0 bridgehead atoms. The zero-order valence-corrected chi connectivity index (χ0v) is 7.13. The van der Waals surface area contributed by atoms with Crippen LogP contribution < -0.4 is 0 Å². The van der Waals surface area contributed by atoms with Gasteiger partial charge >= 0.3 is 0 Å². The van der Waals surface area contributed by atoms with E-state index >= 15 is 0 Å². The molecule has 0 aromatic carbocycles. The molecule has 0 saturated carbocycles. The first-order valence-electron chi connectivity index (χ1n) is 3.42. The van der Waals surface area contributed by atoms with Crippen molar-refractivity contribution >= 4 is 5.84 Å². The van der Waals surface area contributed by atoms with E-state index in [0.29, 0.717) is 0 Å². The summed E-state index contributed by atoms with van der Waals surface area (Å²) in [5.74, 6) is 0.731. The number of nitrogens with zero attached hydrogens (tertiary/aromatic N) is 2. The van der Waals surface area contributed by atoms with E-state index in [1.54, 1.807) is 0 Å². The fourth-order valence-electron chi connectivity index (χ4n) is 0.596. The van der Waals surface area contributed by atoms with Crippen LogP contribution in [0.15, 0.2) is 4.99 Å². The fourth-order valence-corrected chi connectivity index (χ4v) is 0.596. The van der Waals surface area contributed by atoms with Crippen molar-refractivity contribution in [3.8, 4) is 0 Å². The third-order valence-electron chi connectivity index (χ3n) is 1.06. The molecule has 0 amide bonds. The molecule has 0 heterocycles. The maximum Gasteiger partial charge on any atom is 0.125 e. The number of hydrogen-bond donors (Lipinski definition) is 1. The zero-order valence-electron chi connectivity index (χ0n) is 7.13. The van der Waals surface area contributed by atoms with Crippen molar-refractivity contribution in [1.82, 2.24) is 4.90 Å². The van der Waals surface area contributed by atoms with Gasteiger partial charge in [0.25, 0.3) is 0 Å². The predicted octanol–water partition coefficient (Wildman–Crippen LogP) is 0.347. The smallest absolute Gasteiger partial charge is 0.125 e. The number of aliphatic hydroxyl groups excluding tert-OH is 1. The molecule has 60 valence electrons. The van der Waals surface area contributed by atoms with Gasteiger partial charge in [-0.05, 0) is 13.8 Å². The first-order chi connectivity index (χ1) is 4.57. The van der Waals surface area contributed by atoms with Gasteiger partial charge in [-0.1, -0.05) is 0 Å². The van der Waals surface area contributed by atoms with E-state index in [-0.39, 0.29) is 12.6 Å². The van der Waals surface area contributed by atoms with Gasteiger partial charge in [-0.15, -0.1) is 0 Å². The van der Waals surface area contributed by atoms with Gasteiger partial charge in [-0.2, -0.15) is 0 Å². The molecule has 10 heavy (non-hydrogen) atoms. The van der Waals surface area contributed by atoms with Crippen LogP contribution in [0.2, 0.25) is 0 Å². The normalized spacial score (nSPS) is 12.4. The summed E-state index contributed by atoms with van der Waals surface area (Å²) in [6.07, 6.45) is 0. The van der Waals surface area contributed by atoms with Gasteiger partial charge in [0.1, 0.15) is 12.4 Å². The molecule has 0 aromatic rings. The molecule has 3 heteroatoms. The highest BCUT2D eigenvalue weighted by molar-refractivity contribution is 5.82. The summed E-state index contributed by atoms with van der Waals surface area (Å²) < 4.78 is 0. The highest BCUT2D eigenvalue weighted by Gasteiger charge is 1.99. The SMILES string of the molecule is CC(C)N=C(CO)N(C)C. The van der Waals surface area contributed by atoms with Crippen molar-refractivity contribution < 1.29 is 5.11 Å². The summed E-state index contributed by atoms with van der Waals surface area (Å²) in [7, 11) is 3.74. The van der Waals surface area contributed by atoms with E-state index in [2.05, 4.69) is 4.99 Å². The van der Waals surface area contributed by atoms with Gasteiger partial charge in [-0.25, -0.2) is 0 Å². The third kappa shape index (κ3) is 3.45. The Hall–Kier alpha value is -0.570. The number of aliphatic hydroxyl groups is 1. The summed E-state index contributed by atoms with van der Waals surface area (Å²) in [5.41, 5.74) is 0. The van der Waals surface area contributed by atoms with Gasteiger partial charge in [0.2, 0.25) is 0 Å². The summed E-state index contributed by atoms with van der Waals surface area (Å²) in [5, 5.41) is 8.77. The number of rotatable bonds is 2. The second-order valence-corrected chi connectivity index (χ2v) is 2.69. The van der Waals surface area contributed by atoms with E-state index < -0.39 is 0 Å². The van der Waals surface area contributed by atoms with E-state index in [1.165, 1.54) is 0 Å². The van der Waals surface area contributed by atoms with E-state index in [0.717, 1.165) is 5.84 Å². The van der Waals surface area contributed by atoms with Crippen molar-refractivity contribution in [1.29, 1.82) is 0 Å². The molecular weight excluding hydrogens is 128 g/mol. The lowest BCUT2D eigenvalue weighted by Gasteiger charge is -2.14. The molecular formula is C7H16N2O. The van der Waals surface area contributed by atoms with Gasteiger partial charge in [-0.3, -0.25) is 4.99 Å². The third-order valence-corrected chi connectivity index (χ3v) is 1.06. The van der Waals surface area contributed by atoms with Crippen molar-refractivity contribution in [2.75, 3.05) is 20.7 Å². The number of likely N-dealkylation sites (N-methyl/N-ethyl adjacent to an activating group) is 1. The van der Waals surface area contributed by atoms with Crippen LogP contribution in [0.1, 0.15) is 13.8 Å². The molecule has 0 unspecified atom stereocenters. The van der Waals surface area contributed by atoms with Crippen molar-refractivity contribution in [2.45, 2.75) is 19.9 Å². The van der Waals surface area contributed by atoms with Crippen LogP contribution in [0.4, 0.5) is 0 Å². The summed E-state index contributed by atoms with van der Waals surface area (Å²) in [6, 6.07) is 0.254. The second-order valence-electron chi connectivity index (χ2n) is 2.69. The second kappa shape index (κ2) is 4.28. The van der Waals surface area contributed by atoms with Crippen molar-refractivity contribution in [3.05, 3.63) is 0 Å². The molecule has 0 aromatic heterocycles. The topological polar surface area (TPSA) is 35.8 Å². The van der Waals surface area contributed by atoms with E-state index in [9.17, 15) is 0 Å². The minimum absolute atomic E-state index is 0.0190. The van der Waals surface area contributed by atoms with Crippen LogP contribution in [-0.4, -0.2) is 42.6 Å². The van der Waals surface area contributed by atoms with Crippen LogP contribution in [0.3, 0.4) is 0 Å². The largest absolute Gasteiger partial charge is 0.388 e. The lowest BCUT2D eigenvalue weighted by Crippen LogP contribution is -2.26. The number of hydrogen-bond acceptors (Lipinski definition) is 2. The van der Waals surface area contributed by atoms with Crippen LogP contribution in [0, 0.1) is 0 Å². The Labute approximate surface area is 62.4 Å². The van der Waals surface area contributed by atoms with Crippen LogP contribution >= 0.6 is 0 Å². The molecule has 0 rings (SSSR count). The standard InChI is InChI=1S/C7H16N2O/c1-6(2)8-7(5-10)9(3)4/h6,10H,5H2,1-4H3. The molecule has 0 aliphatic carbocycles.